The molecule has 1 aromatic rings. The standard InChI is InChI=1S/C12H18N2O/c1-9(10-4-3-7-13-8-10)14-11-5-2-6-12(11)15/h3-4,7-9,11-12,14-15H,2,5-6H2,1H3/t9-,11+,12+/m0/s1. The van der Waals surface area contributed by atoms with E-state index in [1.807, 2.05) is 12.3 Å². The van der Waals surface area contributed by atoms with Crippen LogP contribution in [0.4, 0.5) is 0 Å². The van der Waals surface area contributed by atoms with Crippen molar-refractivity contribution in [3.8, 4) is 0 Å². The highest BCUT2D eigenvalue weighted by molar-refractivity contribution is 5.13. The number of aliphatic hydroxyl groups is 1. The van der Waals surface area contributed by atoms with Gasteiger partial charge in [0.15, 0.2) is 0 Å². The lowest BCUT2D eigenvalue weighted by Gasteiger charge is -2.22. The van der Waals surface area contributed by atoms with Gasteiger partial charge in [-0.1, -0.05) is 6.07 Å². The Morgan fingerprint density at radius 2 is 2.40 bits per heavy atom. The van der Waals surface area contributed by atoms with Crippen molar-refractivity contribution < 1.29 is 5.11 Å². The topological polar surface area (TPSA) is 45.1 Å². The van der Waals surface area contributed by atoms with E-state index in [2.05, 4.69) is 23.3 Å². The van der Waals surface area contributed by atoms with E-state index in [9.17, 15) is 5.11 Å². The molecule has 2 rings (SSSR count). The number of nitrogens with one attached hydrogen (secondary N) is 1. The minimum absolute atomic E-state index is 0.177. The zero-order chi connectivity index (χ0) is 10.7. The van der Waals surface area contributed by atoms with E-state index in [1.165, 1.54) is 5.56 Å². The summed E-state index contributed by atoms with van der Waals surface area (Å²) in [5, 5.41) is 13.2. The molecule has 3 atom stereocenters. The summed E-state index contributed by atoms with van der Waals surface area (Å²) in [4.78, 5) is 4.10. The fourth-order valence-electron chi connectivity index (χ4n) is 2.18. The number of pyridine rings is 1. The molecule has 3 nitrogen and oxygen atoms in total. The predicted octanol–water partition coefficient (Wildman–Crippen LogP) is 1.65. The van der Waals surface area contributed by atoms with Crippen LogP contribution in [0.3, 0.4) is 0 Å². The first kappa shape index (κ1) is 10.6. The van der Waals surface area contributed by atoms with Crippen LogP contribution in [0.15, 0.2) is 24.5 Å². The Kier molecular flexibility index (Phi) is 3.34. The van der Waals surface area contributed by atoms with Gasteiger partial charge in [-0.25, -0.2) is 0 Å². The first-order valence-corrected chi connectivity index (χ1v) is 5.61. The monoisotopic (exact) mass is 206 g/mol. The maximum absolute atomic E-state index is 9.71. The molecule has 15 heavy (non-hydrogen) atoms. The Morgan fingerprint density at radius 1 is 1.53 bits per heavy atom. The zero-order valence-electron chi connectivity index (χ0n) is 9.06. The third-order valence-corrected chi connectivity index (χ3v) is 3.13. The fourth-order valence-corrected chi connectivity index (χ4v) is 2.18. The first-order valence-electron chi connectivity index (χ1n) is 5.61. The van der Waals surface area contributed by atoms with Crippen molar-refractivity contribution in [3.63, 3.8) is 0 Å². The molecule has 0 aromatic carbocycles. The van der Waals surface area contributed by atoms with Crippen LogP contribution in [-0.4, -0.2) is 22.2 Å². The molecule has 1 aliphatic rings. The van der Waals surface area contributed by atoms with Crippen LogP contribution in [0.5, 0.6) is 0 Å². The summed E-state index contributed by atoms with van der Waals surface area (Å²) < 4.78 is 0. The summed E-state index contributed by atoms with van der Waals surface area (Å²) in [6, 6.07) is 4.52. The van der Waals surface area contributed by atoms with Crippen molar-refractivity contribution in [3.05, 3.63) is 30.1 Å². The van der Waals surface area contributed by atoms with Crippen molar-refractivity contribution in [2.75, 3.05) is 0 Å². The molecule has 0 spiro atoms. The molecule has 0 radical (unpaired) electrons. The van der Waals surface area contributed by atoms with Crippen molar-refractivity contribution >= 4 is 0 Å². The van der Waals surface area contributed by atoms with Gasteiger partial charge in [0.1, 0.15) is 0 Å². The summed E-state index contributed by atoms with van der Waals surface area (Å²) in [6.07, 6.45) is 6.60. The molecule has 1 saturated carbocycles. The van der Waals surface area contributed by atoms with E-state index in [0.717, 1.165) is 19.3 Å². The van der Waals surface area contributed by atoms with E-state index in [0.29, 0.717) is 0 Å². The van der Waals surface area contributed by atoms with E-state index >= 15 is 0 Å². The molecule has 1 heterocycles. The number of hydrogen-bond donors (Lipinski definition) is 2. The van der Waals surface area contributed by atoms with Crippen LogP contribution in [0, 0.1) is 0 Å². The van der Waals surface area contributed by atoms with Crippen LogP contribution in [0.1, 0.15) is 37.8 Å². The SMILES string of the molecule is C[C@H](N[C@@H]1CCC[C@H]1O)c1cccnc1. The molecule has 1 fully saturated rings. The van der Waals surface area contributed by atoms with Gasteiger partial charge in [0, 0.05) is 24.5 Å². The Balaban J connectivity index is 1.95. The highest BCUT2D eigenvalue weighted by Gasteiger charge is 2.26. The fraction of sp³-hybridized carbons (Fsp3) is 0.583. The lowest BCUT2D eigenvalue weighted by Crippen LogP contribution is -2.37. The molecule has 82 valence electrons. The van der Waals surface area contributed by atoms with Crippen molar-refractivity contribution in [2.45, 2.75) is 44.4 Å². The average molecular weight is 206 g/mol. The second-order valence-electron chi connectivity index (χ2n) is 4.28. The number of rotatable bonds is 3. The van der Waals surface area contributed by atoms with E-state index in [-0.39, 0.29) is 18.2 Å². The molecule has 1 aliphatic carbocycles. The van der Waals surface area contributed by atoms with Gasteiger partial charge < -0.3 is 10.4 Å². The Bertz CT molecular complexity index is 302. The van der Waals surface area contributed by atoms with Gasteiger partial charge in [-0.2, -0.15) is 0 Å². The van der Waals surface area contributed by atoms with Crippen LogP contribution in [-0.2, 0) is 0 Å². The summed E-state index contributed by atoms with van der Waals surface area (Å²) in [5.41, 5.74) is 1.18. The van der Waals surface area contributed by atoms with E-state index in [4.69, 9.17) is 0 Å². The van der Waals surface area contributed by atoms with Crippen LogP contribution in [0.25, 0.3) is 0 Å². The normalized spacial score (nSPS) is 27.9. The quantitative estimate of drug-likeness (QED) is 0.790. The lowest BCUT2D eigenvalue weighted by atomic mass is 10.1. The molecule has 1 aromatic heterocycles. The molecule has 2 N–H and O–H groups in total. The second kappa shape index (κ2) is 4.73. The van der Waals surface area contributed by atoms with Gasteiger partial charge in [0.2, 0.25) is 0 Å². The van der Waals surface area contributed by atoms with Gasteiger partial charge in [-0.05, 0) is 37.8 Å². The van der Waals surface area contributed by atoms with Gasteiger partial charge >= 0.3 is 0 Å². The second-order valence-corrected chi connectivity index (χ2v) is 4.28. The molecule has 3 heteroatoms. The molecule has 0 amide bonds. The van der Waals surface area contributed by atoms with Gasteiger partial charge in [-0.15, -0.1) is 0 Å². The zero-order valence-corrected chi connectivity index (χ0v) is 9.06. The van der Waals surface area contributed by atoms with Crippen LogP contribution in [0.2, 0.25) is 0 Å². The number of nitrogens with zero attached hydrogens (tertiary/aromatic N) is 1. The molecule has 0 aliphatic heterocycles. The highest BCUT2D eigenvalue weighted by atomic mass is 16.3. The molecular formula is C12H18N2O. The number of aromatic nitrogens is 1. The summed E-state index contributed by atoms with van der Waals surface area (Å²) in [7, 11) is 0. The summed E-state index contributed by atoms with van der Waals surface area (Å²) in [5.74, 6) is 0. The minimum Gasteiger partial charge on any atom is -0.392 e. The molecule has 0 saturated heterocycles. The smallest absolute Gasteiger partial charge is 0.0693 e. The Labute approximate surface area is 90.5 Å². The maximum atomic E-state index is 9.71. The molecular weight excluding hydrogens is 188 g/mol. The Hall–Kier alpha value is -0.930. The van der Waals surface area contributed by atoms with Crippen molar-refractivity contribution in [1.82, 2.24) is 10.3 Å². The van der Waals surface area contributed by atoms with Gasteiger partial charge in [0.25, 0.3) is 0 Å². The summed E-state index contributed by atoms with van der Waals surface area (Å²) >= 11 is 0. The summed E-state index contributed by atoms with van der Waals surface area (Å²) in [6.45, 7) is 2.11. The van der Waals surface area contributed by atoms with Crippen LogP contribution < -0.4 is 5.32 Å². The third kappa shape index (κ3) is 2.55. The number of hydrogen-bond acceptors (Lipinski definition) is 3. The van der Waals surface area contributed by atoms with E-state index in [1.54, 1.807) is 6.20 Å². The van der Waals surface area contributed by atoms with Crippen molar-refractivity contribution in [2.24, 2.45) is 0 Å². The third-order valence-electron chi connectivity index (χ3n) is 3.13. The van der Waals surface area contributed by atoms with Crippen LogP contribution >= 0.6 is 0 Å². The Morgan fingerprint density at radius 3 is 3.00 bits per heavy atom. The predicted molar refractivity (Wildman–Crippen MR) is 59.4 cm³/mol. The maximum Gasteiger partial charge on any atom is 0.0693 e. The largest absolute Gasteiger partial charge is 0.392 e. The van der Waals surface area contributed by atoms with Gasteiger partial charge in [0.05, 0.1) is 6.10 Å². The lowest BCUT2D eigenvalue weighted by molar-refractivity contribution is 0.144. The van der Waals surface area contributed by atoms with Gasteiger partial charge in [-0.3, -0.25) is 4.98 Å². The van der Waals surface area contributed by atoms with Crippen molar-refractivity contribution in [1.29, 1.82) is 0 Å². The minimum atomic E-state index is -0.177. The molecule has 0 bridgehead atoms. The molecule has 0 unspecified atom stereocenters. The van der Waals surface area contributed by atoms with E-state index < -0.39 is 0 Å². The average Bonchev–Trinajstić information content (AvgIpc) is 2.66. The first-order chi connectivity index (χ1) is 7.27. The number of aliphatic hydroxyl groups excluding tert-OH is 1. The highest BCUT2D eigenvalue weighted by Crippen LogP contribution is 2.22.